The van der Waals surface area contributed by atoms with E-state index >= 15 is 0 Å². The molecule has 1 atom stereocenters. The van der Waals surface area contributed by atoms with Gasteiger partial charge in [0.1, 0.15) is 5.02 Å². The predicted octanol–water partition coefficient (Wildman–Crippen LogP) is 2.42. The number of benzene rings is 1. The standard InChI is InChI=1S/C13H18ClN3O2/c14-12-6-10(3-4-13(12)17(18)19)8-16-5-1-2-11(7-15)9-16/h3-4,6,11H,1-2,5,7-9,15H2. The Morgan fingerprint density at radius 3 is 2.95 bits per heavy atom. The molecule has 2 rings (SSSR count). The Balaban J connectivity index is 2.03. The third-order valence-electron chi connectivity index (χ3n) is 3.55. The molecule has 2 N–H and O–H groups in total. The number of nitro groups is 1. The molecule has 0 spiro atoms. The van der Waals surface area contributed by atoms with Crippen LogP contribution in [0.15, 0.2) is 18.2 Å². The van der Waals surface area contributed by atoms with Crippen molar-refractivity contribution in [3.05, 3.63) is 38.9 Å². The number of nitrogens with zero attached hydrogens (tertiary/aromatic N) is 2. The highest BCUT2D eigenvalue weighted by Crippen LogP contribution is 2.26. The first-order chi connectivity index (χ1) is 9.10. The lowest BCUT2D eigenvalue weighted by molar-refractivity contribution is -0.384. The summed E-state index contributed by atoms with van der Waals surface area (Å²) in [7, 11) is 0. The van der Waals surface area contributed by atoms with Crippen LogP contribution in [0.4, 0.5) is 5.69 Å². The Morgan fingerprint density at radius 1 is 1.53 bits per heavy atom. The van der Waals surface area contributed by atoms with E-state index in [-0.39, 0.29) is 10.7 Å². The van der Waals surface area contributed by atoms with E-state index in [4.69, 9.17) is 17.3 Å². The van der Waals surface area contributed by atoms with E-state index in [1.165, 1.54) is 12.5 Å². The Labute approximate surface area is 117 Å². The Morgan fingerprint density at radius 2 is 2.32 bits per heavy atom. The molecular formula is C13H18ClN3O2. The van der Waals surface area contributed by atoms with Crippen LogP contribution in [0.5, 0.6) is 0 Å². The summed E-state index contributed by atoms with van der Waals surface area (Å²) >= 11 is 5.92. The Hall–Kier alpha value is -1.17. The summed E-state index contributed by atoms with van der Waals surface area (Å²) in [5.74, 6) is 0.558. The van der Waals surface area contributed by atoms with Gasteiger partial charge in [-0.1, -0.05) is 17.7 Å². The van der Waals surface area contributed by atoms with Crippen LogP contribution in [-0.4, -0.2) is 29.5 Å². The topological polar surface area (TPSA) is 72.4 Å². The monoisotopic (exact) mass is 283 g/mol. The number of likely N-dealkylation sites (tertiary alicyclic amines) is 1. The van der Waals surface area contributed by atoms with Crippen molar-refractivity contribution in [2.45, 2.75) is 19.4 Å². The molecule has 104 valence electrons. The van der Waals surface area contributed by atoms with Crippen molar-refractivity contribution in [2.24, 2.45) is 11.7 Å². The smallest absolute Gasteiger partial charge is 0.287 e. The molecule has 1 heterocycles. The number of piperidine rings is 1. The molecule has 1 aliphatic heterocycles. The van der Waals surface area contributed by atoms with Crippen LogP contribution in [0.25, 0.3) is 0 Å². The number of halogens is 1. The van der Waals surface area contributed by atoms with Crippen molar-refractivity contribution >= 4 is 17.3 Å². The van der Waals surface area contributed by atoms with Gasteiger partial charge >= 0.3 is 0 Å². The number of hydrogen-bond donors (Lipinski definition) is 1. The molecule has 1 fully saturated rings. The van der Waals surface area contributed by atoms with Gasteiger partial charge in [0.25, 0.3) is 5.69 Å². The Bertz CT molecular complexity index is 467. The zero-order valence-corrected chi connectivity index (χ0v) is 11.5. The minimum atomic E-state index is -0.461. The van der Waals surface area contributed by atoms with Crippen LogP contribution < -0.4 is 5.73 Å². The van der Waals surface area contributed by atoms with Gasteiger partial charge in [-0.15, -0.1) is 0 Å². The normalized spacial score (nSPS) is 20.4. The second-order valence-corrected chi connectivity index (χ2v) is 5.43. The summed E-state index contributed by atoms with van der Waals surface area (Å²) in [6.07, 6.45) is 2.34. The third-order valence-corrected chi connectivity index (χ3v) is 3.85. The van der Waals surface area contributed by atoms with Crippen molar-refractivity contribution in [3.63, 3.8) is 0 Å². The number of nitrogens with two attached hydrogens (primary N) is 1. The van der Waals surface area contributed by atoms with Gasteiger partial charge in [0.2, 0.25) is 0 Å². The second-order valence-electron chi connectivity index (χ2n) is 5.02. The summed E-state index contributed by atoms with van der Waals surface area (Å²) in [5.41, 5.74) is 6.68. The van der Waals surface area contributed by atoms with Crippen LogP contribution in [0.3, 0.4) is 0 Å². The number of rotatable bonds is 4. The summed E-state index contributed by atoms with van der Waals surface area (Å²) in [5, 5.41) is 10.9. The summed E-state index contributed by atoms with van der Waals surface area (Å²) in [6, 6.07) is 4.93. The quantitative estimate of drug-likeness (QED) is 0.680. The van der Waals surface area contributed by atoms with Crippen LogP contribution in [0.1, 0.15) is 18.4 Å². The molecule has 0 aliphatic carbocycles. The molecule has 0 aromatic heterocycles. The Kier molecular flexibility index (Phi) is 4.74. The summed E-state index contributed by atoms with van der Waals surface area (Å²) < 4.78 is 0. The first-order valence-corrected chi connectivity index (χ1v) is 6.83. The molecule has 5 nitrogen and oxygen atoms in total. The minimum absolute atomic E-state index is 0.0381. The van der Waals surface area contributed by atoms with Gasteiger partial charge in [-0.2, -0.15) is 0 Å². The average molecular weight is 284 g/mol. The number of hydrogen-bond acceptors (Lipinski definition) is 4. The maximum Gasteiger partial charge on any atom is 0.287 e. The molecule has 0 bridgehead atoms. The van der Waals surface area contributed by atoms with Crippen molar-refractivity contribution in [3.8, 4) is 0 Å². The highest BCUT2D eigenvalue weighted by atomic mass is 35.5. The van der Waals surface area contributed by atoms with Gasteiger partial charge in [0, 0.05) is 19.2 Å². The average Bonchev–Trinajstić information content (AvgIpc) is 2.38. The van der Waals surface area contributed by atoms with Crippen LogP contribution in [-0.2, 0) is 6.54 Å². The van der Waals surface area contributed by atoms with Crippen LogP contribution in [0, 0.1) is 16.0 Å². The fraction of sp³-hybridized carbons (Fsp3) is 0.538. The van der Waals surface area contributed by atoms with Gasteiger partial charge in [-0.05, 0) is 43.5 Å². The molecule has 6 heteroatoms. The zero-order valence-electron chi connectivity index (χ0n) is 10.7. The number of nitro benzene ring substituents is 1. The lowest BCUT2D eigenvalue weighted by Crippen LogP contribution is -2.37. The molecule has 1 aliphatic rings. The minimum Gasteiger partial charge on any atom is -0.330 e. The van der Waals surface area contributed by atoms with Crippen LogP contribution in [0.2, 0.25) is 5.02 Å². The third kappa shape index (κ3) is 3.65. The van der Waals surface area contributed by atoms with Gasteiger partial charge in [0.05, 0.1) is 4.92 Å². The van der Waals surface area contributed by atoms with Gasteiger partial charge < -0.3 is 5.73 Å². The largest absolute Gasteiger partial charge is 0.330 e. The van der Waals surface area contributed by atoms with Crippen molar-refractivity contribution in [1.82, 2.24) is 4.90 Å². The molecule has 0 radical (unpaired) electrons. The molecule has 19 heavy (non-hydrogen) atoms. The fourth-order valence-corrected chi connectivity index (χ4v) is 2.81. The lowest BCUT2D eigenvalue weighted by atomic mass is 9.98. The van der Waals surface area contributed by atoms with Gasteiger partial charge in [0.15, 0.2) is 0 Å². The summed E-state index contributed by atoms with van der Waals surface area (Å²) in [6.45, 7) is 3.53. The molecule has 1 aromatic rings. The van der Waals surface area contributed by atoms with E-state index in [1.807, 2.05) is 0 Å². The van der Waals surface area contributed by atoms with E-state index in [0.29, 0.717) is 5.92 Å². The maximum atomic E-state index is 10.7. The first-order valence-electron chi connectivity index (χ1n) is 6.45. The highest BCUT2D eigenvalue weighted by Gasteiger charge is 2.19. The predicted molar refractivity (Wildman–Crippen MR) is 75.2 cm³/mol. The van der Waals surface area contributed by atoms with E-state index in [0.717, 1.165) is 38.2 Å². The van der Waals surface area contributed by atoms with E-state index in [9.17, 15) is 10.1 Å². The van der Waals surface area contributed by atoms with E-state index in [1.54, 1.807) is 12.1 Å². The molecule has 1 saturated heterocycles. The van der Waals surface area contributed by atoms with Crippen molar-refractivity contribution < 1.29 is 4.92 Å². The van der Waals surface area contributed by atoms with E-state index < -0.39 is 4.92 Å². The lowest BCUT2D eigenvalue weighted by Gasteiger charge is -2.32. The molecule has 1 unspecified atom stereocenters. The van der Waals surface area contributed by atoms with Crippen LogP contribution >= 0.6 is 11.6 Å². The highest BCUT2D eigenvalue weighted by molar-refractivity contribution is 6.32. The fourth-order valence-electron chi connectivity index (χ4n) is 2.54. The molecule has 1 aromatic carbocycles. The first kappa shape index (κ1) is 14.2. The SMILES string of the molecule is NCC1CCCN(Cc2ccc([N+](=O)[O-])c(Cl)c2)C1. The van der Waals surface area contributed by atoms with Crippen molar-refractivity contribution in [1.29, 1.82) is 0 Å². The molecular weight excluding hydrogens is 266 g/mol. The molecule has 0 amide bonds. The molecule has 0 saturated carbocycles. The summed E-state index contributed by atoms with van der Waals surface area (Å²) in [4.78, 5) is 12.6. The second kappa shape index (κ2) is 6.32. The van der Waals surface area contributed by atoms with Gasteiger partial charge in [-0.25, -0.2) is 0 Å². The zero-order chi connectivity index (χ0) is 13.8. The maximum absolute atomic E-state index is 10.7. The van der Waals surface area contributed by atoms with Crippen molar-refractivity contribution in [2.75, 3.05) is 19.6 Å². The van der Waals surface area contributed by atoms with E-state index in [2.05, 4.69) is 4.90 Å². The van der Waals surface area contributed by atoms with Gasteiger partial charge in [-0.3, -0.25) is 15.0 Å².